The third-order valence-electron chi connectivity index (χ3n) is 15.2. The molecule has 0 N–H and O–H groups in total. The summed E-state index contributed by atoms with van der Waals surface area (Å²) in [6.07, 6.45) is 0. The van der Waals surface area contributed by atoms with Gasteiger partial charge < -0.3 is 4.90 Å². The number of para-hydroxylation sites is 4. The molecule has 1 aliphatic heterocycles. The first-order chi connectivity index (χ1) is 40.9. The molecule has 9 heteroatoms. The topological polar surface area (TPSA) is 96.7 Å². The maximum Gasteiger partial charge on any atom is 0.238 e. The summed E-state index contributed by atoms with van der Waals surface area (Å²) in [4.78, 5) is 42.5. The molecule has 83 heavy (non-hydrogen) atoms. The molecule has 0 spiro atoms. The van der Waals surface area contributed by atoms with Gasteiger partial charge in [0.05, 0.1) is 51.2 Å². The van der Waals surface area contributed by atoms with Crippen molar-refractivity contribution >= 4 is 34.4 Å². The van der Waals surface area contributed by atoms with Gasteiger partial charge in [0, 0.05) is 50.1 Å². The van der Waals surface area contributed by atoms with Crippen LogP contribution in [0.3, 0.4) is 0 Å². The van der Waals surface area contributed by atoms with Gasteiger partial charge in [-0.15, -0.1) is 0 Å². The van der Waals surface area contributed by atoms with Gasteiger partial charge in [-0.3, -0.25) is 4.90 Å². The molecule has 0 radical (unpaired) electrons. The SMILES string of the molecule is Cc1cc(C)c(-c2c(-c3nc(-c4ccccc4)cc(-c4ccccc4)n3)ccc(N3c4ccccc4N(c4nc(-c5ccccc5)nc(-c5ccccc5)n4)c4ccccc43)c2-c2cc(-c3ccccc3)nc(-c3ccccc3)n2)c(C)c1. The lowest BCUT2D eigenvalue weighted by Crippen LogP contribution is -2.26. The summed E-state index contributed by atoms with van der Waals surface area (Å²) >= 11 is 0. The van der Waals surface area contributed by atoms with Crippen LogP contribution in [-0.2, 0) is 0 Å². The maximum absolute atomic E-state index is 5.72. The molecule has 14 rings (SSSR count). The van der Waals surface area contributed by atoms with Gasteiger partial charge >= 0.3 is 0 Å². The quantitative estimate of drug-likeness (QED) is 0.125. The van der Waals surface area contributed by atoms with Gasteiger partial charge in [0.15, 0.2) is 23.3 Å². The summed E-state index contributed by atoms with van der Waals surface area (Å²) in [5.41, 5.74) is 20.3. The first-order valence-electron chi connectivity index (χ1n) is 27.8. The maximum atomic E-state index is 5.72. The minimum atomic E-state index is 0.486. The fourth-order valence-electron chi connectivity index (χ4n) is 11.5. The van der Waals surface area contributed by atoms with Crippen molar-refractivity contribution in [1.29, 1.82) is 0 Å². The van der Waals surface area contributed by atoms with Gasteiger partial charge in [-0.1, -0.05) is 224 Å². The summed E-state index contributed by atoms with van der Waals surface area (Å²) in [7, 11) is 0. The predicted molar refractivity (Wildman–Crippen MR) is 337 cm³/mol. The van der Waals surface area contributed by atoms with Crippen molar-refractivity contribution in [3.05, 3.63) is 284 Å². The smallest absolute Gasteiger partial charge is 0.238 e. The van der Waals surface area contributed by atoms with E-state index in [0.29, 0.717) is 29.2 Å². The van der Waals surface area contributed by atoms with Crippen molar-refractivity contribution in [2.24, 2.45) is 0 Å². The van der Waals surface area contributed by atoms with Crippen LogP contribution in [0.4, 0.5) is 34.4 Å². The normalized spacial score (nSPS) is 11.7. The summed E-state index contributed by atoms with van der Waals surface area (Å²) in [6, 6.07) is 91.8. The van der Waals surface area contributed by atoms with E-state index in [2.05, 4.69) is 200 Å². The average molecular weight is 1070 g/mol. The number of hydrogen-bond acceptors (Lipinski definition) is 9. The van der Waals surface area contributed by atoms with Gasteiger partial charge in [0.1, 0.15) is 0 Å². The van der Waals surface area contributed by atoms with E-state index in [9.17, 15) is 0 Å². The zero-order chi connectivity index (χ0) is 55.8. The Labute approximate surface area is 482 Å². The zero-order valence-corrected chi connectivity index (χ0v) is 45.9. The van der Waals surface area contributed by atoms with Crippen LogP contribution in [0, 0.1) is 20.8 Å². The first-order valence-corrected chi connectivity index (χ1v) is 27.8. The number of benzene rings is 10. The molecule has 0 bridgehead atoms. The number of fused-ring (bicyclic) bond motifs is 2. The monoisotopic (exact) mass is 1070 g/mol. The van der Waals surface area contributed by atoms with Crippen LogP contribution in [0.25, 0.3) is 102 Å². The molecular weight excluding hydrogens is 1010 g/mol. The van der Waals surface area contributed by atoms with Gasteiger partial charge in [-0.25, -0.2) is 24.9 Å². The van der Waals surface area contributed by atoms with E-state index >= 15 is 0 Å². The molecule has 4 heterocycles. The molecule has 0 atom stereocenters. The number of hydrogen-bond donors (Lipinski definition) is 0. The average Bonchev–Trinajstić information content (AvgIpc) is 3.10. The third-order valence-corrected chi connectivity index (χ3v) is 15.2. The lowest BCUT2D eigenvalue weighted by atomic mass is 9.84. The Morgan fingerprint density at radius 3 is 1.00 bits per heavy atom. The van der Waals surface area contributed by atoms with Crippen LogP contribution in [0.5, 0.6) is 0 Å². The molecule has 0 aliphatic carbocycles. The van der Waals surface area contributed by atoms with E-state index in [4.69, 9.17) is 34.9 Å². The van der Waals surface area contributed by atoms with E-state index in [-0.39, 0.29) is 0 Å². The fourth-order valence-corrected chi connectivity index (χ4v) is 11.5. The lowest BCUT2D eigenvalue weighted by Gasteiger charge is -2.40. The Kier molecular flexibility index (Phi) is 13.0. The van der Waals surface area contributed by atoms with Crippen molar-refractivity contribution in [2.75, 3.05) is 9.80 Å². The van der Waals surface area contributed by atoms with E-state index in [0.717, 1.165) is 118 Å². The third kappa shape index (κ3) is 9.55. The molecule has 394 valence electrons. The zero-order valence-electron chi connectivity index (χ0n) is 45.9. The van der Waals surface area contributed by atoms with E-state index < -0.39 is 0 Å². The number of nitrogens with zero attached hydrogens (tertiary/aromatic N) is 9. The number of anilines is 6. The molecule has 3 aromatic heterocycles. The van der Waals surface area contributed by atoms with Crippen molar-refractivity contribution in [3.8, 4) is 102 Å². The Morgan fingerprint density at radius 1 is 0.241 bits per heavy atom. The van der Waals surface area contributed by atoms with Crippen molar-refractivity contribution in [1.82, 2.24) is 34.9 Å². The molecule has 10 aromatic carbocycles. The second kappa shape index (κ2) is 21.6. The minimum Gasteiger partial charge on any atom is -0.306 e. The predicted octanol–water partition coefficient (Wildman–Crippen LogP) is 18.6. The summed E-state index contributed by atoms with van der Waals surface area (Å²) in [5.74, 6) is 2.80. The molecule has 13 aromatic rings. The van der Waals surface area contributed by atoms with E-state index in [1.54, 1.807) is 0 Å². The highest BCUT2D eigenvalue weighted by Crippen LogP contribution is 2.57. The van der Waals surface area contributed by atoms with Gasteiger partial charge in [-0.05, 0) is 86.0 Å². The molecule has 0 fully saturated rings. The fraction of sp³-hybridized carbons (Fsp3) is 0.0405. The second-order valence-corrected chi connectivity index (χ2v) is 20.7. The summed E-state index contributed by atoms with van der Waals surface area (Å²) < 4.78 is 0. The highest BCUT2D eigenvalue weighted by atomic mass is 15.3. The number of aryl methyl sites for hydroxylation is 3. The van der Waals surface area contributed by atoms with Gasteiger partial charge in [0.2, 0.25) is 5.95 Å². The molecular formula is C74H53N9. The standard InChI is InChI=1S/C74H53N9/c1-48-44-49(2)67(50(3)45-48)68-57(73-76-58(51-26-10-4-11-27-51)46-59(77-73)52-28-12-5-13-29-52)42-43-66(69(68)61-47-60(53-30-14-6-15-31-53)75-70(78-61)54-32-16-7-17-33-54)82-62-38-22-24-40-64(62)83(65-41-25-23-39-63(65)82)74-80-71(55-34-18-8-19-35-55)79-72(81-74)56-36-20-9-21-37-56/h4-47H,1-3H3. The van der Waals surface area contributed by atoms with Crippen LogP contribution >= 0.6 is 0 Å². The number of rotatable bonds is 11. The van der Waals surface area contributed by atoms with Crippen molar-refractivity contribution < 1.29 is 0 Å². The van der Waals surface area contributed by atoms with Crippen LogP contribution in [0.15, 0.2) is 267 Å². The molecule has 0 amide bonds. The molecule has 9 nitrogen and oxygen atoms in total. The Bertz CT molecular complexity index is 4280. The first kappa shape index (κ1) is 50.2. The van der Waals surface area contributed by atoms with Gasteiger partial charge in [-0.2, -0.15) is 9.97 Å². The van der Waals surface area contributed by atoms with Gasteiger partial charge in [0.25, 0.3) is 0 Å². The summed E-state index contributed by atoms with van der Waals surface area (Å²) in [5, 5.41) is 0. The molecule has 1 aliphatic rings. The van der Waals surface area contributed by atoms with E-state index in [1.165, 1.54) is 5.56 Å². The second-order valence-electron chi connectivity index (χ2n) is 20.7. The molecule has 0 saturated heterocycles. The van der Waals surface area contributed by atoms with Crippen LogP contribution in [-0.4, -0.2) is 34.9 Å². The Morgan fingerprint density at radius 2 is 0.578 bits per heavy atom. The van der Waals surface area contributed by atoms with Crippen molar-refractivity contribution in [3.63, 3.8) is 0 Å². The van der Waals surface area contributed by atoms with E-state index in [1.807, 2.05) is 97.1 Å². The molecule has 0 saturated carbocycles. The highest BCUT2D eigenvalue weighted by molar-refractivity contribution is 6.08. The summed E-state index contributed by atoms with van der Waals surface area (Å²) in [6.45, 7) is 6.58. The highest BCUT2D eigenvalue weighted by Gasteiger charge is 2.36. The Balaban J connectivity index is 1.10. The Hall–Kier alpha value is -11.0. The number of aromatic nitrogens is 7. The largest absolute Gasteiger partial charge is 0.306 e. The lowest BCUT2D eigenvalue weighted by molar-refractivity contribution is 1.01. The van der Waals surface area contributed by atoms with Crippen LogP contribution < -0.4 is 9.80 Å². The van der Waals surface area contributed by atoms with Crippen molar-refractivity contribution in [2.45, 2.75) is 20.8 Å². The van der Waals surface area contributed by atoms with Crippen LogP contribution in [0.1, 0.15) is 16.7 Å². The van der Waals surface area contributed by atoms with Crippen LogP contribution in [0.2, 0.25) is 0 Å². The molecule has 0 unspecified atom stereocenters. The minimum absolute atomic E-state index is 0.486.